The van der Waals surface area contributed by atoms with Crippen molar-refractivity contribution in [1.82, 2.24) is 0 Å². The van der Waals surface area contributed by atoms with E-state index >= 15 is 0 Å². The molecule has 1 atom stereocenters. The first-order valence-corrected chi connectivity index (χ1v) is 5.76. The highest BCUT2D eigenvalue weighted by Gasteiger charge is 2.15. The first-order chi connectivity index (χ1) is 7.22. The summed E-state index contributed by atoms with van der Waals surface area (Å²) in [6.45, 7) is 0.795. The maximum atomic E-state index is 10.8. The summed E-state index contributed by atoms with van der Waals surface area (Å²) in [7, 11) is 0. The number of nitrogens with two attached hydrogens (primary N) is 1. The van der Waals surface area contributed by atoms with Crippen LogP contribution in [0, 0.1) is 5.92 Å². The zero-order valence-electron chi connectivity index (χ0n) is 9.32. The molecule has 0 aromatic heterocycles. The van der Waals surface area contributed by atoms with Crippen LogP contribution in [-0.2, 0) is 4.79 Å². The van der Waals surface area contributed by atoms with Crippen molar-refractivity contribution in [2.45, 2.75) is 44.9 Å². The fourth-order valence-corrected chi connectivity index (χ4v) is 1.61. The Morgan fingerprint density at radius 3 is 2.20 bits per heavy atom. The number of carbonyl (C=O) groups is 1. The maximum Gasteiger partial charge on any atom is 0.306 e. The molecule has 0 spiro atoms. The van der Waals surface area contributed by atoms with E-state index in [0.717, 1.165) is 38.5 Å². The lowest BCUT2D eigenvalue weighted by atomic mass is 9.96. The molecule has 4 N–H and O–H groups in total. The van der Waals surface area contributed by atoms with E-state index in [1.807, 2.05) is 0 Å². The molecule has 0 fully saturated rings. The van der Waals surface area contributed by atoms with Gasteiger partial charge in [0.1, 0.15) is 0 Å². The van der Waals surface area contributed by atoms with E-state index in [4.69, 9.17) is 15.9 Å². The van der Waals surface area contributed by atoms with Crippen LogP contribution < -0.4 is 5.73 Å². The molecule has 0 radical (unpaired) electrons. The van der Waals surface area contributed by atoms with Gasteiger partial charge < -0.3 is 15.9 Å². The van der Waals surface area contributed by atoms with Gasteiger partial charge in [0, 0.05) is 6.61 Å². The molecule has 1 unspecified atom stereocenters. The van der Waals surface area contributed by atoms with Gasteiger partial charge in [-0.05, 0) is 32.2 Å². The lowest BCUT2D eigenvalue weighted by Crippen LogP contribution is -2.15. The summed E-state index contributed by atoms with van der Waals surface area (Å²) in [5, 5.41) is 17.5. The average Bonchev–Trinajstić information content (AvgIpc) is 2.21. The van der Waals surface area contributed by atoms with Crippen LogP contribution in [0.2, 0.25) is 0 Å². The second-order valence-electron chi connectivity index (χ2n) is 3.89. The predicted octanol–water partition coefficient (Wildman–Crippen LogP) is 1.37. The lowest BCUT2D eigenvalue weighted by Gasteiger charge is -2.10. The van der Waals surface area contributed by atoms with Crippen LogP contribution in [0.15, 0.2) is 0 Å². The summed E-state index contributed by atoms with van der Waals surface area (Å²) in [6, 6.07) is 0. The standard InChI is InChI=1S/C11H23NO3/c12-8-5-7-10(11(14)15)6-3-1-2-4-9-13/h10,13H,1-9,12H2,(H,14,15). The van der Waals surface area contributed by atoms with Crippen molar-refractivity contribution in [1.29, 1.82) is 0 Å². The Morgan fingerprint density at radius 1 is 1.07 bits per heavy atom. The molecule has 4 heteroatoms. The van der Waals surface area contributed by atoms with E-state index in [9.17, 15) is 4.79 Å². The second-order valence-corrected chi connectivity index (χ2v) is 3.89. The maximum absolute atomic E-state index is 10.8. The monoisotopic (exact) mass is 217 g/mol. The molecule has 0 amide bonds. The Hall–Kier alpha value is -0.610. The topological polar surface area (TPSA) is 83.5 Å². The zero-order valence-corrected chi connectivity index (χ0v) is 9.32. The Balaban J connectivity index is 3.53. The highest BCUT2D eigenvalue weighted by molar-refractivity contribution is 5.69. The molecule has 90 valence electrons. The summed E-state index contributed by atoms with van der Waals surface area (Å²) in [4.78, 5) is 10.8. The van der Waals surface area contributed by atoms with Crippen molar-refractivity contribution in [3.8, 4) is 0 Å². The van der Waals surface area contributed by atoms with Crippen LogP contribution in [0.4, 0.5) is 0 Å². The van der Waals surface area contributed by atoms with Crippen molar-refractivity contribution in [3.05, 3.63) is 0 Å². The van der Waals surface area contributed by atoms with Crippen molar-refractivity contribution >= 4 is 5.97 Å². The number of aliphatic carboxylic acids is 1. The van der Waals surface area contributed by atoms with Gasteiger partial charge in [-0.1, -0.05) is 19.3 Å². The van der Waals surface area contributed by atoms with E-state index in [1.54, 1.807) is 0 Å². The zero-order chi connectivity index (χ0) is 11.5. The van der Waals surface area contributed by atoms with Gasteiger partial charge in [-0.25, -0.2) is 0 Å². The fourth-order valence-electron chi connectivity index (χ4n) is 1.61. The number of carboxylic acid groups (broad SMARTS) is 1. The summed E-state index contributed by atoms with van der Waals surface area (Å²) in [5.74, 6) is -0.937. The minimum absolute atomic E-state index is 0.232. The lowest BCUT2D eigenvalue weighted by molar-refractivity contribution is -0.142. The molecule has 4 nitrogen and oxygen atoms in total. The van der Waals surface area contributed by atoms with Crippen LogP contribution in [-0.4, -0.2) is 29.3 Å². The molecule has 0 aliphatic heterocycles. The molecule has 0 bridgehead atoms. The van der Waals surface area contributed by atoms with Crippen LogP contribution >= 0.6 is 0 Å². The van der Waals surface area contributed by atoms with Gasteiger partial charge >= 0.3 is 5.97 Å². The molecule has 0 aliphatic rings. The fraction of sp³-hybridized carbons (Fsp3) is 0.909. The predicted molar refractivity (Wildman–Crippen MR) is 59.6 cm³/mol. The molecular weight excluding hydrogens is 194 g/mol. The van der Waals surface area contributed by atoms with E-state index in [1.165, 1.54) is 0 Å². The normalized spacial score (nSPS) is 12.7. The number of hydrogen-bond donors (Lipinski definition) is 3. The van der Waals surface area contributed by atoms with E-state index < -0.39 is 5.97 Å². The molecule has 0 aromatic rings. The number of aliphatic hydroxyl groups is 1. The third-order valence-corrected chi connectivity index (χ3v) is 2.57. The SMILES string of the molecule is NCCCC(CCCCCCO)C(=O)O. The Bertz CT molecular complexity index is 162. The smallest absolute Gasteiger partial charge is 0.306 e. The van der Waals surface area contributed by atoms with E-state index in [0.29, 0.717) is 13.0 Å². The molecule has 0 heterocycles. The summed E-state index contributed by atoms with van der Waals surface area (Å²) < 4.78 is 0. The van der Waals surface area contributed by atoms with Crippen molar-refractivity contribution < 1.29 is 15.0 Å². The van der Waals surface area contributed by atoms with Crippen molar-refractivity contribution in [2.75, 3.05) is 13.2 Å². The Morgan fingerprint density at radius 2 is 1.67 bits per heavy atom. The molecule has 0 aliphatic carbocycles. The third kappa shape index (κ3) is 8.39. The van der Waals surface area contributed by atoms with Gasteiger partial charge in [0.05, 0.1) is 5.92 Å². The van der Waals surface area contributed by atoms with Crippen molar-refractivity contribution in [3.63, 3.8) is 0 Å². The van der Waals surface area contributed by atoms with Gasteiger partial charge in [-0.3, -0.25) is 4.79 Å². The number of hydrogen-bond acceptors (Lipinski definition) is 3. The van der Waals surface area contributed by atoms with Crippen LogP contribution in [0.5, 0.6) is 0 Å². The summed E-state index contributed by atoms with van der Waals surface area (Å²) in [5.41, 5.74) is 5.35. The second kappa shape index (κ2) is 9.93. The van der Waals surface area contributed by atoms with Gasteiger partial charge in [-0.2, -0.15) is 0 Å². The Kier molecular flexibility index (Phi) is 9.52. The molecule has 0 aromatic carbocycles. The van der Waals surface area contributed by atoms with Crippen LogP contribution in [0.3, 0.4) is 0 Å². The number of carboxylic acids is 1. The molecule has 0 rings (SSSR count). The van der Waals surface area contributed by atoms with Gasteiger partial charge in [0.25, 0.3) is 0 Å². The largest absolute Gasteiger partial charge is 0.481 e. The molecule has 15 heavy (non-hydrogen) atoms. The van der Waals surface area contributed by atoms with Crippen molar-refractivity contribution in [2.24, 2.45) is 11.7 Å². The van der Waals surface area contributed by atoms with Crippen LogP contribution in [0.1, 0.15) is 44.9 Å². The van der Waals surface area contributed by atoms with E-state index in [2.05, 4.69) is 0 Å². The quantitative estimate of drug-likeness (QED) is 0.482. The molecular formula is C11H23NO3. The summed E-state index contributed by atoms with van der Waals surface area (Å²) in [6.07, 6.45) is 5.95. The minimum Gasteiger partial charge on any atom is -0.481 e. The van der Waals surface area contributed by atoms with Gasteiger partial charge in [0.15, 0.2) is 0 Å². The third-order valence-electron chi connectivity index (χ3n) is 2.57. The number of rotatable bonds is 10. The highest BCUT2D eigenvalue weighted by atomic mass is 16.4. The average molecular weight is 217 g/mol. The first kappa shape index (κ1) is 14.4. The van der Waals surface area contributed by atoms with E-state index in [-0.39, 0.29) is 12.5 Å². The first-order valence-electron chi connectivity index (χ1n) is 5.76. The van der Waals surface area contributed by atoms with Gasteiger partial charge in [0.2, 0.25) is 0 Å². The molecule has 0 saturated carbocycles. The number of unbranched alkanes of at least 4 members (excludes halogenated alkanes) is 3. The number of aliphatic hydroxyl groups excluding tert-OH is 1. The van der Waals surface area contributed by atoms with Gasteiger partial charge in [-0.15, -0.1) is 0 Å². The van der Waals surface area contributed by atoms with Crippen LogP contribution in [0.25, 0.3) is 0 Å². The molecule has 0 saturated heterocycles. The summed E-state index contributed by atoms with van der Waals surface area (Å²) >= 11 is 0. The minimum atomic E-state index is -0.703. The Labute approximate surface area is 91.5 Å². The highest BCUT2D eigenvalue weighted by Crippen LogP contribution is 2.16.